The van der Waals surface area contributed by atoms with Crippen molar-refractivity contribution in [2.45, 2.75) is 25.3 Å². The van der Waals surface area contributed by atoms with Crippen LogP contribution in [-0.4, -0.2) is 13.7 Å². The monoisotopic (exact) mass is 301 g/mol. The smallest absolute Gasteiger partial charge is 0.122 e. The van der Waals surface area contributed by atoms with Crippen LogP contribution in [0.25, 0.3) is 0 Å². The molecule has 3 rings (SSSR count). The van der Waals surface area contributed by atoms with Crippen molar-refractivity contribution < 1.29 is 4.74 Å². The quantitative estimate of drug-likeness (QED) is 0.915. The number of likely N-dealkylation sites (N-methyl/N-ethyl adjacent to an activating group) is 1. The fourth-order valence-corrected chi connectivity index (χ4v) is 2.97. The van der Waals surface area contributed by atoms with Crippen molar-refractivity contribution >= 4 is 11.6 Å². The average molecular weight is 302 g/mol. The zero-order valence-corrected chi connectivity index (χ0v) is 13.0. The maximum Gasteiger partial charge on any atom is 0.122 e. The lowest BCUT2D eigenvalue weighted by Crippen LogP contribution is -2.19. The number of benzene rings is 2. The van der Waals surface area contributed by atoms with E-state index in [-0.39, 0.29) is 0 Å². The SMILES string of the molecule is CNC(Cc1ccc(Cl)cc1)c1ccc2c(c1)CCCO2. The van der Waals surface area contributed by atoms with Crippen LogP contribution in [0.1, 0.15) is 29.2 Å². The fourth-order valence-electron chi connectivity index (χ4n) is 2.84. The Bertz CT molecular complexity index is 609. The number of rotatable bonds is 4. The first-order valence-electron chi connectivity index (χ1n) is 7.43. The van der Waals surface area contributed by atoms with Gasteiger partial charge >= 0.3 is 0 Å². The van der Waals surface area contributed by atoms with Crippen molar-refractivity contribution in [2.24, 2.45) is 0 Å². The highest BCUT2D eigenvalue weighted by Gasteiger charge is 2.15. The van der Waals surface area contributed by atoms with Gasteiger partial charge in [-0.15, -0.1) is 0 Å². The lowest BCUT2D eigenvalue weighted by Gasteiger charge is -2.22. The van der Waals surface area contributed by atoms with Crippen LogP contribution in [0.3, 0.4) is 0 Å². The topological polar surface area (TPSA) is 21.3 Å². The normalized spacial score (nSPS) is 15.1. The van der Waals surface area contributed by atoms with Gasteiger partial charge in [-0.3, -0.25) is 0 Å². The van der Waals surface area contributed by atoms with Crippen molar-refractivity contribution in [3.8, 4) is 5.75 Å². The Morgan fingerprint density at radius 1 is 1.19 bits per heavy atom. The van der Waals surface area contributed by atoms with Gasteiger partial charge in [0.05, 0.1) is 6.61 Å². The maximum absolute atomic E-state index is 5.95. The number of hydrogen-bond acceptors (Lipinski definition) is 2. The van der Waals surface area contributed by atoms with Crippen LogP contribution in [0.4, 0.5) is 0 Å². The number of hydrogen-bond donors (Lipinski definition) is 1. The van der Waals surface area contributed by atoms with Gasteiger partial charge in [-0.25, -0.2) is 0 Å². The van der Waals surface area contributed by atoms with E-state index in [1.165, 1.54) is 16.7 Å². The highest BCUT2D eigenvalue weighted by atomic mass is 35.5. The minimum atomic E-state index is 0.304. The molecule has 0 spiro atoms. The zero-order valence-electron chi connectivity index (χ0n) is 12.2. The van der Waals surface area contributed by atoms with Gasteiger partial charge in [0.1, 0.15) is 5.75 Å². The van der Waals surface area contributed by atoms with Crippen LogP contribution in [0.5, 0.6) is 5.75 Å². The van der Waals surface area contributed by atoms with E-state index in [0.29, 0.717) is 6.04 Å². The summed E-state index contributed by atoms with van der Waals surface area (Å²) in [6, 6.07) is 14.9. The van der Waals surface area contributed by atoms with Crippen molar-refractivity contribution in [3.63, 3.8) is 0 Å². The van der Waals surface area contributed by atoms with E-state index in [1.807, 2.05) is 19.2 Å². The Hall–Kier alpha value is -1.51. The minimum absolute atomic E-state index is 0.304. The van der Waals surface area contributed by atoms with E-state index in [1.54, 1.807) is 0 Å². The van der Waals surface area contributed by atoms with Crippen molar-refractivity contribution in [1.82, 2.24) is 5.32 Å². The van der Waals surface area contributed by atoms with Gasteiger partial charge in [0, 0.05) is 11.1 Å². The summed E-state index contributed by atoms with van der Waals surface area (Å²) >= 11 is 5.95. The Kier molecular flexibility index (Phi) is 4.47. The molecule has 21 heavy (non-hydrogen) atoms. The molecule has 0 saturated carbocycles. The van der Waals surface area contributed by atoms with E-state index in [4.69, 9.17) is 16.3 Å². The highest BCUT2D eigenvalue weighted by molar-refractivity contribution is 6.30. The molecular weight excluding hydrogens is 282 g/mol. The van der Waals surface area contributed by atoms with Gasteiger partial charge in [0.15, 0.2) is 0 Å². The zero-order chi connectivity index (χ0) is 14.7. The van der Waals surface area contributed by atoms with Gasteiger partial charge < -0.3 is 10.1 Å². The number of aryl methyl sites for hydroxylation is 1. The molecule has 1 atom stereocenters. The summed E-state index contributed by atoms with van der Waals surface area (Å²) < 4.78 is 5.69. The van der Waals surface area contributed by atoms with Crippen molar-refractivity contribution in [1.29, 1.82) is 0 Å². The highest BCUT2D eigenvalue weighted by Crippen LogP contribution is 2.29. The molecule has 0 aliphatic carbocycles. The molecule has 2 nitrogen and oxygen atoms in total. The summed E-state index contributed by atoms with van der Waals surface area (Å²) in [6.07, 6.45) is 3.17. The molecule has 110 valence electrons. The van der Waals surface area contributed by atoms with Gasteiger partial charge in [-0.1, -0.05) is 35.9 Å². The molecule has 0 bridgehead atoms. The molecular formula is C18H20ClNO. The molecule has 1 unspecified atom stereocenters. The maximum atomic E-state index is 5.95. The first-order chi connectivity index (χ1) is 10.3. The third-order valence-corrected chi connectivity index (χ3v) is 4.29. The lowest BCUT2D eigenvalue weighted by atomic mass is 9.95. The van der Waals surface area contributed by atoms with Crippen molar-refractivity contribution in [3.05, 3.63) is 64.2 Å². The number of nitrogens with one attached hydrogen (secondary N) is 1. The fraction of sp³-hybridized carbons (Fsp3) is 0.333. The summed E-state index contributed by atoms with van der Waals surface area (Å²) in [5.74, 6) is 1.05. The van der Waals surface area contributed by atoms with Gasteiger partial charge in [0.2, 0.25) is 0 Å². The van der Waals surface area contributed by atoms with Crippen LogP contribution >= 0.6 is 11.6 Å². The standard InChI is InChI=1S/C18H20ClNO/c1-20-17(11-13-4-7-16(19)8-5-13)14-6-9-18-15(12-14)3-2-10-21-18/h4-9,12,17,20H,2-3,10-11H2,1H3. The summed E-state index contributed by atoms with van der Waals surface area (Å²) in [6.45, 7) is 0.840. The van der Waals surface area contributed by atoms with Crippen molar-refractivity contribution in [2.75, 3.05) is 13.7 Å². The molecule has 2 aromatic rings. The molecule has 0 fully saturated rings. The van der Waals surface area contributed by atoms with E-state index >= 15 is 0 Å². The predicted molar refractivity (Wildman–Crippen MR) is 87.2 cm³/mol. The third-order valence-electron chi connectivity index (χ3n) is 4.04. The van der Waals surface area contributed by atoms with Gasteiger partial charge in [-0.05, 0) is 61.2 Å². The number of halogens is 1. The van der Waals surface area contributed by atoms with Crippen LogP contribution in [0.2, 0.25) is 5.02 Å². The number of fused-ring (bicyclic) bond motifs is 1. The van der Waals surface area contributed by atoms with E-state index in [0.717, 1.165) is 36.6 Å². The number of ether oxygens (including phenoxy) is 1. The first kappa shape index (κ1) is 14.4. The Balaban J connectivity index is 1.81. The molecule has 0 radical (unpaired) electrons. The summed E-state index contributed by atoms with van der Waals surface area (Å²) in [5, 5.41) is 4.20. The molecule has 1 aliphatic rings. The van der Waals surface area contributed by atoms with Gasteiger partial charge in [0.25, 0.3) is 0 Å². The summed E-state index contributed by atoms with van der Waals surface area (Å²) in [7, 11) is 2.01. The van der Waals surface area contributed by atoms with Crippen LogP contribution in [0.15, 0.2) is 42.5 Å². The third kappa shape index (κ3) is 3.39. The van der Waals surface area contributed by atoms with Crippen LogP contribution < -0.4 is 10.1 Å². The summed E-state index contributed by atoms with van der Waals surface area (Å²) in [5.41, 5.74) is 3.93. The largest absolute Gasteiger partial charge is 0.493 e. The van der Waals surface area contributed by atoms with Crippen LogP contribution in [-0.2, 0) is 12.8 Å². The minimum Gasteiger partial charge on any atom is -0.493 e. The molecule has 0 amide bonds. The molecule has 0 aromatic heterocycles. The molecule has 1 aliphatic heterocycles. The Morgan fingerprint density at radius 3 is 2.76 bits per heavy atom. The summed E-state index contributed by atoms with van der Waals surface area (Å²) in [4.78, 5) is 0. The molecule has 2 aromatic carbocycles. The molecule has 1 heterocycles. The molecule has 1 N–H and O–H groups in total. The first-order valence-corrected chi connectivity index (χ1v) is 7.81. The Labute approximate surface area is 131 Å². The van der Waals surface area contributed by atoms with E-state index in [2.05, 4.69) is 35.6 Å². The average Bonchev–Trinajstić information content (AvgIpc) is 2.54. The lowest BCUT2D eigenvalue weighted by molar-refractivity contribution is 0.288. The Morgan fingerprint density at radius 2 is 2.00 bits per heavy atom. The molecule has 0 saturated heterocycles. The predicted octanol–water partition coefficient (Wildman–Crippen LogP) is 4.17. The van der Waals surface area contributed by atoms with Crippen LogP contribution in [0, 0.1) is 0 Å². The van der Waals surface area contributed by atoms with E-state index < -0.39 is 0 Å². The second-order valence-corrected chi connectivity index (χ2v) is 5.93. The van der Waals surface area contributed by atoms with Gasteiger partial charge in [-0.2, -0.15) is 0 Å². The van der Waals surface area contributed by atoms with E-state index in [9.17, 15) is 0 Å². The second kappa shape index (κ2) is 6.50. The second-order valence-electron chi connectivity index (χ2n) is 5.49. The molecule has 3 heteroatoms.